The van der Waals surface area contributed by atoms with Crippen molar-refractivity contribution >= 4 is 17.6 Å². The van der Waals surface area contributed by atoms with Crippen LogP contribution < -0.4 is 9.47 Å². The molecule has 0 aliphatic heterocycles. The number of non-ortho nitro benzene ring substituents is 1. The molecule has 0 aliphatic rings. The number of carbonyl (C=O) groups excluding carboxylic acids is 2. The van der Waals surface area contributed by atoms with Crippen molar-refractivity contribution in [3.63, 3.8) is 0 Å². The van der Waals surface area contributed by atoms with Crippen LogP contribution in [-0.4, -0.2) is 30.6 Å². The minimum atomic E-state index is -0.832. The van der Waals surface area contributed by atoms with Crippen LogP contribution in [-0.2, 0) is 4.74 Å². The number of nitrogens with zero attached hydrogens (tertiary/aromatic N) is 1. The van der Waals surface area contributed by atoms with Crippen molar-refractivity contribution in [3.8, 4) is 11.5 Å². The Kier molecular flexibility index (Phi) is 6.26. The Bertz CT molecular complexity index is 815. The summed E-state index contributed by atoms with van der Waals surface area (Å²) >= 11 is 0. The van der Waals surface area contributed by atoms with Crippen LogP contribution in [0.5, 0.6) is 11.5 Å². The van der Waals surface area contributed by atoms with E-state index in [1.54, 1.807) is 24.3 Å². The molecule has 2 rings (SSSR count). The molecule has 0 atom stereocenters. The number of rotatable bonds is 7. The number of benzene rings is 2. The molecule has 2 aromatic carbocycles. The van der Waals surface area contributed by atoms with Crippen LogP contribution in [0.15, 0.2) is 42.5 Å². The Labute approximate surface area is 149 Å². The van der Waals surface area contributed by atoms with Gasteiger partial charge in [-0.25, -0.2) is 9.59 Å². The van der Waals surface area contributed by atoms with Gasteiger partial charge in [0.25, 0.3) is 5.69 Å². The summed E-state index contributed by atoms with van der Waals surface area (Å²) in [5, 5.41) is 11.0. The molecule has 0 aromatic heterocycles. The number of methoxy groups -OCH3 is 1. The highest BCUT2D eigenvalue weighted by Crippen LogP contribution is 2.22. The number of ether oxygens (including phenoxy) is 3. The van der Waals surface area contributed by atoms with Gasteiger partial charge < -0.3 is 14.2 Å². The first-order valence-corrected chi connectivity index (χ1v) is 7.77. The minimum Gasteiger partial charge on any atom is -0.494 e. The molecular weight excluding hydrogens is 342 g/mol. The Morgan fingerprint density at radius 1 is 1.00 bits per heavy atom. The van der Waals surface area contributed by atoms with Crippen LogP contribution in [0.25, 0.3) is 0 Å². The zero-order valence-electron chi connectivity index (χ0n) is 14.3. The third-order valence-corrected chi connectivity index (χ3v) is 3.29. The number of hydrogen-bond acceptors (Lipinski definition) is 7. The summed E-state index contributed by atoms with van der Waals surface area (Å²) in [6.07, 6.45) is 0.867. The van der Waals surface area contributed by atoms with Crippen LogP contribution >= 0.6 is 0 Å². The first-order chi connectivity index (χ1) is 12.4. The summed E-state index contributed by atoms with van der Waals surface area (Å²) in [6, 6.07) is 9.62. The molecule has 0 spiro atoms. The van der Waals surface area contributed by atoms with E-state index in [0.717, 1.165) is 25.7 Å². The monoisotopic (exact) mass is 359 g/mol. The molecule has 8 heteroatoms. The van der Waals surface area contributed by atoms with E-state index in [0.29, 0.717) is 12.4 Å². The van der Waals surface area contributed by atoms with Crippen LogP contribution in [0.3, 0.4) is 0 Å². The largest absolute Gasteiger partial charge is 0.494 e. The average Bonchev–Trinajstić information content (AvgIpc) is 2.66. The number of nitro benzene ring substituents is 1. The van der Waals surface area contributed by atoms with Gasteiger partial charge in [-0.3, -0.25) is 10.1 Å². The number of carbonyl (C=O) groups is 2. The van der Waals surface area contributed by atoms with Crippen molar-refractivity contribution < 1.29 is 28.7 Å². The van der Waals surface area contributed by atoms with Crippen molar-refractivity contribution in [2.24, 2.45) is 0 Å². The zero-order chi connectivity index (χ0) is 19.1. The standard InChI is InChI=1S/C18H17NO7/c1-3-8-25-15-4-6-16(7-5-15)26-18(21)13-9-12(17(20)24-2)10-14(11-13)19(22)23/h4-7,9-11H,3,8H2,1-2H3. The summed E-state index contributed by atoms with van der Waals surface area (Å²) < 4.78 is 15.2. The highest BCUT2D eigenvalue weighted by atomic mass is 16.6. The lowest BCUT2D eigenvalue weighted by Gasteiger charge is -2.08. The van der Waals surface area contributed by atoms with E-state index in [2.05, 4.69) is 4.74 Å². The Morgan fingerprint density at radius 2 is 1.58 bits per heavy atom. The van der Waals surface area contributed by atoms with Gasteiger partial charge in [-0.05, 0) is 36.8 Å². The Morgan fingerprint density at radius 3 is 2.12 bits per heavy atom. The molecule has 0 N–H and O–H groups in total. The van der Waals surface area contributed by atoms with E-state index in [4.69, 9.17) is 9.47 Å². The Balaban J connectivity index is 2.21. The minimum absolute atomic E-state index is 0.114. The third-order valence-electron chi connectivity index (χ3n) is 3.29. The van der Waals surface area contributed by atoms with E-state index in [1.807, 2.05) is 6.92 Å². The molecule has 0 saturated carbocycles. The lowest BCUT2D eigenvalue weighted by atomic mass is 10.1. The van der Waals surface area contributed by atoms with Gasteiger partial charge in [-0.2, -0.15) is 0 Å². The molecular formula is C18H17NO7. The summed E-state index contributed by atoms with van der Waals surface area (Å²) in [5.41, 5.74) is -0.661. The van der Waals surface area contributed by atoms with E-state index in [1.165, 1.54) is 6.07 Å². The fraction of sp³-hybridized carbons (Fsp3) is 0.222. The smallest absolute Gasteiger partial charge is 0.343 e. The summed E-state index contributed by atoms with van der Waals surface area (Å²) in [7, 11) is 1.14. The Hall–Kier alpha value is -3.42. The predicted octanol–water partition coefficient (Wildman–Crippen LogP) is 3.39. The van der Waals surface area contributed by atoms with Gasteiger partial charge in [-0.1, -0.05) is 6.92 Å². The maximum absolute atomic E-state index is 12.3. The number of hydrogen-bond donors (Lipinski definition) is 0. The van der Waals surface area contributed by atoms with Crippen LogP contribution in [0, 0.1) is 10.1 Å². The molecule has 0 heterocycles. The summed E-state index contributed by atoms with van der Waals surface area (Å²) in [5.74, 6) is -0.749. The molecule has 0 amide bonds. The van der Waals surface area contributed by atoms with Gasteiger partial charge in [0.1, 0.15) is 11.5 Å². The van der Waals surface area contributed by atoms with Crippen molar-refractivity contribution in [2.45, 2.75) is 13.3 Å². The van der Waals surface area contributed by atoms with E-state index in [9.17, 15) is 19.7 Å². The zero-order valence-corrected chi connectivity index (χ0v) is 14.3. The lowest BCUT2D eigenvalue weighted by Crippen LogP contribution is -2.11. The molecule has 0 unspecified atom stereocenters. The first kappa shape index (κ1) is 18.9. The number of nitro groups is 1. The maximum Gasteiger partial charge on any atom is 0.343 e. The third kappa shape index (κ3) is 4.79. The average molecular weight is 359 g/mol. The van der Waals surface area contributed by atoms with Gasteiger partial charge in [0.15, 0.2) is 0 Å². The first-order valence-electron chi connectivity index (χ1n) is 7.77. The van der Waals surface area contributed by atoms with Crippen molar-refractivity contribution in [1.29, 1.82) is 0 Å². The normalized spacial score (nSPS) is 10.1. The maximum atomic E-state index is 12.3. The van der Waals surface area contributed by atoms with E-state index < -0.39 is 22.5 Å². The lowest BCUT2D eigenvalue weighted by molar-refractivity contribution is -0.384. The van der Waals surface area contributed by atoms with Gasteiger partial charge in [-0.15, -0.1) is 0 Å². The highest BCUT2D eigenvalue weighted by Gasteiger charge is 2.19. The molecule has 136 valence electrons. The quantitative estimate of drug-likeness (QED) is 0.323. The van der Waals surface area contributed by atoms with Gasteiger partial charge in [0.05, 0.1) is 29.8 Å². The van der Waals surface area contributed by atoms with Crippen LogP contribution in [0.4, 0.5) is 5.69 Å². The SMILES string of the molecule is CCCOc1ccc(OC(=O)c2cc(C(=O)OC)cc([N+](=O)[O-])c2)cc1. The molecule has 2 aromatic rings. The molecule has 0 fully saturated rings. The van der Waals surface area contributed by atoms with Crippen molar-refractivity contribution in [2.75, 3.05) is 13.7 Å². The second-order valence-electron chi connectivity index (χ2n) is 5.23. The molecule has 8 nitrogen and oxygen atoms in total. The van der Waals surface area contributed by atoms with Gasteiger partial charge in [0.2, 0.25) is 0 Å². The van der Waals surface area contributed by atoms with Crippen molar-refractivity contribution in [3.05, 3.63) is 63.7 Å². The summed E-state index contributed by atoms with van der Waals surface area (Å²) in [6.45, 7) is 2.56. The molecule has 0 radical (unpaired) electrons. The predicted molar refractivity (Wildman–Crippen MR) is 91.6 cm³/mol. The fourth-order valence-corrected chi connectivity index (χ4v) is 2.06. The molecule has 26 heavy (non-hydrogen) atoms. The molecule has 0 bridgehead atoms. The van der Waals surface area contributed by atoms with Crippen LogP contribution in [0.1, 0.15) is 34.1 Å². The molecule has 0 saturated heterocycles. The van der Waals surface area contributed by atoms with Gasteiger partial charge >= 0.3 is 11.9 Å². The van der Waals surface area contributed by atoms with E-state index in [-0.39, 0.29) is 16.9 Å². The fourth-order valence-electron chi connectivity index (χ4n) is 2.06. The van der Waals surface area contributed by atoms with Crippen LogP contribution in [0.2, 0.25) is 0 Å². The molecule has 0 aliphatic carbocycles. The topological polar surface area (TPSA) is 105 Å². The van der Waals surface area contributed by atoms with E-state index >= 15 is 0 Å². The second-order valence-corrected chi connectivity index (χ2v) is 5.23. The highest BCUT2D eigenvalue weighted by molar-refractivity contribution is 5.97. The van der Waals surface area contributed by atoms with Gasteiger partial charge in [0, 0.05) is 12.1 Å². The summed E-state index contributed by atoms with van der Waals surface area (Å²) in [4.78, 5) is 34.2. The second kappa shape index (κ2) is 8.61. The number of esters is 2. The van der Waals surface area contributed by atoms with Crippen molar-refractivity contribution in [1.82, 2.24) is 0 Å².